The third kappa shape index (κ3) is 6.36. The Morgan fingerprint density at radius 3 is 2.35 bits per heavy atom. The molecule has 1 amide bonds. The molecule has 0 bridgehead atoms. The monoisotopic (exact) mass is 516 g/mol. The summed E-state index contributed by atoms with van der Waals surface area (Å²) in [5, 5.41) is 12.5. The zero-order chi connectivity index (χ0) is 24.8. The van der Waals surface area contributed by atoms with E-state index in [9.17, 15) is 10.1 Å². The summed E-state index contributed by atoms with van der Waals surface area (Å²) in [5.74, 6) is 0.285. The van der Waals surface area contributed by atoms with E-state index < -0.39 is 5.91 Å². The Kier molecular flexibility index (Phi) is 8.31. The molecule has 0 unspecified atom stereocenters. The molecule has 0 heterocycles. The zero-order valence-electron chi connectivity index (χ0n) is 20.3. The molecule has 4 nitrogen and oxygen atoms in total. The first-order valence-corrected chi connectivity index (χ1v) is 12.0. The minimum Gasteiger partial charge on any atom is -0.494 e. The van der Waals surface area contributed by atoms with E-state index in [1.165, 1.54) is 16.7 Å². The molecule has 0 aliphatic heterocycles. The topological polar surface area (TPSA) is 62.1 Å². The second kappa shape index (κ2) is 11.2. The van der Waals surface area contributed by atoms with Gasteiger partial charge in [-0.05, 0) is 87.2 Å². The van der Waals surface area contributed by atoms with E-state index in [0.717, 1.165) is 26.9 Å². The van der Waals surface area contributed by atoms with Crippen LogP contribution in [0.5, 0.6) is 5.75 Å². The SMILES string of the molecule is CCOc1cc(/C=C(\C#N)C(=O)Nc2ccc(C)c(C)c2)cc(Br)c1Cc1cc(C)cc(C)c1. The van der Waals surface area contributed by atoms with Crippen molar-refractivity contribution in [1.29, 1.82) is 5.26 Å². The van der Waals surface area contributed by atoms with Crippen molar-refractivity contribution in [2.75, 3.05) is 11.9 Å². The van der Waals surface area contributed by atoms with Crippen molar-refractivity contribution in [3.63, 3.8) is 0 Å². The highest BCUT2D eigenvalue weighted by molar-refractivity contribution is 9.10. The summed E-state index contributed by atoms with van der Waals surface area (Å²) >= 11 is 3.69. The molecule has 0 saturated heterocycles. The number of halogens is 1. The van der Waals surface area contributed by atoms with Gasteiger partial charge in [-0.1, -0.05) is 51.3 Å². The molecular weight excluding hydrogens is 488 g/mol. The van der Waals surface area contributed by atoms with Gasteiger partial charge in [0, 0.05) is 22.1 Å². The van der Waals surface area contributed by atoms with E-state index in [4.69, 9.17) is 4.74 Å². The number of benzene rings is 3. The van der Waals surface area contributed by atoms with Crippen molar-refractivity contribution < 1.29 is 9.53 Å². The Morgan fingerprint density at radius 2 is 1.74 bits per heavy atom. The van der Waals surface area contributed by atoms with Gasteiger partial charge in [0.05, 0.1) is 6.61 Å². The smallest absolute Gasteiger partial charge is 0.266 e. The summed E-state index contributed by atoms with van der Waals surface area (Å²) in [6.07, 6.45) is 2.30. The van der Waals surface area contributed by atoms with E-state index in [0.29, 0.717) is 24.3 Å². The molecule has 3 aromatic carbocycles. The number of ether oxygens (including phenoxy) is 1. The van der Waals surface area contributed by atoms with Crippen LogP contribution in [0.1, 0.15) is 45.9 Å². The maximum atomic E-state index is 12.8. The summed E-state index contributed by atoms with van der Waals surface area (Å²) in [5.41, 5.74) is 8.28. The number of carbonyl (C=O) groups excluding carboxylic acids is 1. The molecule has 3 rings (SSSR count). The number of nitrogens with one attached hydrogen (secondary N) is 1. The van der Waals surface area contributed by atoms with Crippen LogP contribution < -0.4 is 10.1 Å². The van der Waals surface area contributed by atoms with Crippen LogP contribution in [-0.2, 0) is 11.2 Å². The van der Waals surface area contributed by atoms with E-state index in [2.05, 4.69) is 53.3 Å². The lowest BCUT2D eigenvalue weighted by Crippen LogP contribution is -2.13. The lowest BCUT2D eigenvalue weighted by atomic mass is 9.98. The molecule has 0 aliphatic rings. The Hall–Kier alpha value is -3.36. The Balaban J connectivity index is 1.92. The standard InChI is InChI=1S/C29H29BrN2O2/c1-6-34-28-16-23(15-27(30)26(28)14-22-10-18(2)9-19(3)11-22)13-24(17-31)29(33)32-25-8-7-20(4)21(5)12-25/h7-13,15-16H,6,14H2,1-5H3,(H,32,33)/b24-13+. The summed E-state index contributed by atoms with van der Waals surface area (Å²) < 4.78 is 6.82. The number of nitrogens with zero attached hydrogens (tertiary/aromatic N) is 1. The zero-order valence-corrected chi connectivity index (χ0v) is 21.8. The predicted octanol–water partition coefficient (Wildman–Crippen LogP) is 7.22. The van der Waals surface area contributed by atoms with E-state index in [1.807, 2.05) is 57.2 Å². The van der Waals surface area contributed by atoms with Gasteiger partial charge in [-0.15, -0.1) is 0 Å². The van der Waals surface area contributed by atoms with Gasteiger partial charge in [0.2, 0.25) is 0 Å². The fourth-order valence-electron chi connectivity index (χ4n) is 3.88. The molecule has 0 atom stereocenters. The highest BCUT2D eigenvalue weighted by Gasteiger charge is 2.14. The summed E-state index contributed by atoms with van der Waals surface area (Å²) in [4.78, 5) is 12.8. The summed E-state index contributed by atoms with van der Waals surface area (Å²) in [6, 6.07) is 18.0. The third-order valence-electron chi connectivity index (χ3n) is 5.58. The number of anilines is 1. The molecule has 3 aromatic rings. The van der Waals surface area contributed by atoms with Crippen LogP contribution in [0.3, 0.4) is 0 Å². The number of aryl methyl sites for hydroxylation is 4. The van der Waals surface area contributed by atoms with Crippen molar-refractivity contribution in [2.45, 2.75) is 41.0 Å². The van der Waals surface area contributed by atoms with Crippen LogP contribution in [-0.4, -0.2) is 12.5 Å². The number of hydrogen-bond acceptors (Lipinski definition) is 3. The predicted molar refractivity (Wildman–Crippen MR) is 142 cm³/mol. The van der Waals surface area contributed by atoms with Crippen molar-refractivity contribution in [1.82, 2.24) is 0 Å². The molecule has 174 valence electrons. The van der Waals surface area contributed by atoms with E-state index >= 15 is 0 Å². The summed E-state index contributed by atoms with van der Waals surface area (Å²) in [6.45, 7) is 10.6. The molecule has 0 fully saturated rings. The largest absolute Gasteiger partial charge is 0.494 e. The second-order valence-electron chi connectivity index (χ2n) is 8.51. The molecule has 0 radical (unpaired) electrons. The first kappa shape index (κ1) is 25.3. The van der Waals surface area contributed by atoms with Crippen LogP contribution in [0.2, 0.25) is 0 Å². The normalized spacial score (nSPS) is 11.1. The highest BCUT2D eigenvalue weighted by atomic mass is 79.9. The molecule has 0 spiro atoms. The molecular formula is C29H29BrN2O2. The van der Waals surface area contributed by atoms with Crippen LogP contribution in [0.25, 0.3) is 6.08 Å². The van der Waals surface area contributed by atoms with Gasteiger partial charge in [-0.3, -0.25) is 4.79 Å². The maximum Gasteiger partial charge on any atom is 0.266 e. The van der Waals surface area contributed by atoms with Crippen molar-refractivity contribution in [3.05, 3.63) is 97.5 Å². The van der Waals surface area contributed by atoms with E-state index in [-0.39, 0.29) is 5.57 Å². The average Bonchev–Trinajstić information content (AvgIpc) is 2.76. The van der Waals surface area contributed by atoms with Crippen molar-refractivity contribution in [3.8, 4) is 11.8 Å². The van der Waals surface area contributed by atoms with E-state index in [1.54, 1.807) is 6.08 Å². The van der Waals surface area contributed by atoms with Gasteiger partial charge < -0.3 is 10.1 Å². The summed E-state index contributed by atoms with van der Waals surface area (Å²) in [7, 11) is 0. The van der Waals surface area contributed by atoms with Crippen molar-refractivity contribution in [2.24, 2.45) is 0 Å². The lowest BCUT2D eigenvalue weighted by molar-refractivity contribution is -0.112. The minimum atomic E-state index is -0.445. The molecule has 0 aromatic heterocycles. The number of amides is 1. The van der Waals surface area contributed by atoms with Gasteiger partial charge in [0.1, 0.15) is 17.4 Å². The van der Waals surface area contributed by atoms with Gasteiger partial charge in [0.25, 0.3) is 5.91 Å². The maximum absolute atomic E-state index is 12.8. The molecule has 1 N–H and O–H groups in total. The second-order valence-corrected chi connectivity index (χ2v) is 9.36. The van der Waals surface area contributed by atoms with Crippen LogP contribution >= 0.6 is 15.9 Å². The van der Waals surface area contributed by atoms with Crippen LogP contribution in [0.15, 0.2) is 58.6 Å². The van der Waals surface area contributed by atoms with Crippen LogP contribution in [0, 0.1) is 39.0 Å². The highest BCUT2D eigenvalue weighted by Crippen LogP contribution is 2.33. The first-order chi connectivity index (χ1) is 16.2. The van der Waals surface area contributed by atoms with Gasteiger partial charge in [0.15, 0.2) is 0 Å². The quantitative estimate of drug-likeness (QED) is 0.266. The van der Waals surface area contributed by atoms with Gasteiger partial charge >= 0.3 is 0 Å². The fourth-order valence-corrected chi connectivity index (χ4v) is 4.48. The Bertz CT molecular complexity index is 1280. The molecule has 0 saturated carbocycles. The van der Waals surface area contributed by atoms with Crippen molar-refractivity contribution >= 4 is 33.6 Å². The van der Waals surface area contributed by atoms with Gasteiger partial charge in [-0.25, -0.2) is 0 Å². The Labute approximate surface area is 210 Å². The van der Waals surface area contributed by atoms with Crippen LogP contribution in [0.4, 0.5) is 5.69 Å². The number of nitriles is 1. The third-order valence-corrected chi connectivity index (χ3v) is 6.29. The average molecular weight is 517 g/mol. The molecule has 0 aliphatic carbocycles. The van der Waals surface area contributed by atoms with Gasteiger partial charge in [-0.2, -0.15) is 5.26 Å². The molecule has 5 heteroatoms. The lowest BCUT2D eigenvalue weighted by Gasteiger charge is -2.15. The fraction of sp³-hybridized carbons (Fsp3) is 0.241. The minimum absolute atomic E-state index is 0.0228. The number of hydrogen-bond donors (Lipinski definition) is 1. The first-order valence-electron chi connectivity index (χ1n) is 11.2. The number of carbonyl (C=O) groups is 1. The number of rotatable bonds is 7. The molecule has 34 heavy (non-hydrogen) atoms. The Morgan fingerprint density at radius 1 is 1.03 bits per heavy atom.